The number of esters is 1. The second-order valence-corrected chi connectivity index (χ2v) is 4.45. The Bertz CT molecular complexity index is 602. The van der Waals surface area contributed by atoms with Crippen molar-refractivity contribution in [3.8, 4) is 0 Å². The van der Waals surface area contributed by atoms with E-state index in [4.69, 9.17) is 9.47 Å². The highest BCUT2D eigenvalue weighted by atomic mass is 16.5. The summed E-state index contributed by atoms with van der Waals surface area (Å²) in [6, 6.07) is 3.57. The first-order valence-corrected chi connectivity index (χ1v) is 6.39. The van der Waals surface area contributed by atoms with Gasteiger partial charge in [0.05, 0.1) is 18.9 Å². The highest BCUT2D eigenvalue weighted by molar-refractivity contribution is 5.88. The first-order valence-electron chi connectivity index (χ1n) is 6.39. The summed E-state index contributed by atoms with van der Waals surface area (Å²) in [6.45, 7) is 3.56. The first-order chi connectivity index (χ1) is 9.29. The zero-order valence-corrected chi connectivity index (χ0v) is 10.7. The maximum atomic E-state index is 11.7. The number of nitrogens with zero attached hydrogens (tertiary/aromatic N) is 3. The minimum Gasteiger partial charge on any atom is -0.461 e. The number of aromatic nitrogens is 3. The third-order valence-corrected chi connectivity index (χ3v) is 3.22. The second-order valence-electron chi connectivity index (χ2n) is 4.45. The van der Waals surface area contributed by atoms with Gasteiger partial charge in [-0.15, -0.1) is 0 Å². The molecule has 100 valence electrons. The Labute approximate surface area is 110 Å². The van der Waals surface area contributed by atoms with Crippen LogP contribution in [-0.4, -0.2) is 40.4 Å². The molecule has 3 heterocycles. The van der Waals surface area contributed by atoms with Crippen molar-refractivity contribution in [2.75, 3.05) is 19.8 Å². The number of rotatable bonds is 3. The van der Waals surface area contributed by atoms with E-state index in [9.17, 15) is 4.79 Å². The van der Waals surface area contributed by atoms with Gasteiger partial charge in [0.1, 0.15) is 0 Å². The third kappa shape index (κ3) is 2.19. The van der Waals surface area contributed by atoms with E-state index >= 15 is 0 Å². The minimum absolute atomic E-state index is 0.292. The van der Waals surface area contributed by atoms with Crippen LogP contribution >= 0.6 is 0 Å². The van der Waals surface area contributed by atoms with Gasteiger partial charge >= 0.3 is 5.97 Å². The summed E-state index contributed by atoms with van der Waals surface area (Å²) in [7, 11) is 0. The molecular weight excluding hydrogens is 246 g/mol. The fraction of sp³-hybridized carbons (Fsp3) is 0.462. The van der Waals surface area contributed by atoms with Crippen LogP contribution in [0.5, 0.6) is 0 Å². The van der Waals surface area contributed by atoms with Gasteiger partial charge < -0.3 is 9.47 Å². The van der Waals surface area contributed by atoms with Crippen molar-refractivity contribution < 1.29 is 14.3 Å². The predicted molar refractivity (Wildman–Crippen MR) is 67.1 cm³/mol. The summed E-state index contributed by atoms with van der Waals surface area (Å²) >= 11 is 0. The van der Waals surface area contributed by atoms with E-state index < -0.39 is 5.97 Å². The van der Waals surface area contributed by atoms with Gasteiger partial charge in [-0.05, 0) is 19.4 Å². The van der Waals surface area contributed by atoms with Crippen molar-refractivity contribution >= 4 is 11.6 Å². The van der Waals surface area contributed by atoms with Gasteiger partial charge in [0, 0.05) is 24.8 Å². The van der Waals surface area contributed by atoms with Crippen LogP contribution in [0, 0.1) is 0 Å². The quantitative estimate of drug-likeness (QED) is 0.781. The first kappa shape index (κ1) is 12.1. The van der Waals surface area contributed by atoms with Gasteiger partial charge in [-0.2, -0.15) is 5.10 Å². The third-order valence-electron chi connectivity index (χ3n) is 3.22. The van der Waals surface area contributed by atoms with Crippen molar-refractivity contribution in [1.29, 1.82) is 0 Å². The lowest BCUT2D eigenvalue weighted by Gasteiger charge is -2.09. The molecule has 0 aromatic carbocycles. The average molecular weight is 261 g/mol. The Morgan fingerprint density at radius 1 is 1.63 bits per heavy atom. The minimum atomic E-state index is -0.415. The Hall–Kier alpha value is -1.95. The number of carbonyl (C=O) groups is 1. The number of fused-ring (bicyclic) bond motifs is 1. The summed E-state index contributed by atoms with van der Waals surface area (Å²) in [4.78, 5) is 15.9. The van der Waals surface area contributed by atoms with Crippen LogP contribution in [0.4, 0.5) is 0 Å². The molecular formula is C13H15N3O3. The van der Waals surface area contributed by atoms with Crippen molar-refractivity contribution in [1.82, 2.24) is 14.6 Å². The zero-order valence-electron chi connectivity index (χ0n) is 10.7. The van der Waals surface area contributed by atoms with Crippen molar-refractivity contribution in [2.45, 2.75) is 19.3 Å². The number of carbonyl (C=O) groups excluding carboxylic acids is 1. The topological polar surface area (TPSA) is 65.7 Å². The SMILES string of the molecule is CCOC(=O)c1cc2nccc(C3CCOC3)n2n1. The summed E-state index contributed by atoms with van der Waals surface area (Å²) in [6.07, 6.45) is 2.70. The van der Waals surface area contributed by atoms with Crippen LogP contribution in [0.25, 0.3) is 5.65 Å². The van der Waals surface area contributed by atoms with E-state index in [0.29, 0.717) is 30.5 Å². The fourth-order valence-corrected chi connectivity index (χ4v) is 2.30. The van der Waals surface area contributed by atoms with Gasteiger partial charge in [0.2, 0.25) is 0 Å². The lowest BCUT2D eigenvalue weighted by atomic mass is 10.1. The maximum absolute atomic E-state index is 11.7. The van der Waals surface area contributed by atoms with E-state index in [0.717, 1.165) is 18.7 Å². The molecule has 1 aliphatic rings. The van der Waals surface area contributed by atoms with E-state index in [-0.39, 0.29) is 0 Å². The Kier molecular flexibility index (Phi) is 3.16. The van der Waals surface area contributed by atoms with E-state index in [1.54, 1.807) is 23.7 Å². The van der Waals surface area contributed by atoms with Gasteiger partial charge in [-0.3, -0.25) is 0 Å². The molecule has 0 N–H and O–H groups in total. The van der Waals surface area contributed by atoms with E-state index in [1.165, 1.54) is 0 Å². The molecule has 0 radical (unpaired) electrons. The van der Waals surface area contributed by atoms with Gasteiger partial charge in [0.15, 0.2) is 11.3 Å². The zero-order chi connectivity index (χ0) is 13.2. The average Bonchev–Trinajstić information content (AvgIpc) is 3.07. The van der Waals surface area contributed by atoms with Gasteiger partial charge in [-0.25, -0.2) is 14.3 Å². The molecule has 1 saturated heterocycles. The van der Waals surface area contributed by atoms with Crippen LogP contribution in [0.15, 0.2) is 18.3 Å². The molecule has 2 aromatic rings. The van der Waals surface area contributed by atoms with Gasteiger partial charge in [-0.1, -0.05) is 0 Å². The Balaban J connectivity index is 2.02. The Morgan fingerprint density at radius 3 is 3.26 bits per heavy atom. The van der Waals surface area contributed by atoms with Crippen molar-refractivity contribution in [3.05, 3.63) is 29.7 Å². The smallest absolute Gasteiger partial charge is 0.358 e. The molecule has 0 bridgehead atoms. The molecule has 0 saturated carbocycles. The Morgan fingerprint density at radius 2 is 2.53 bits per heavy atom. The van der Waals surface area contributed by atoms with Crippen LogP contribution in [0.1, 0.15) is 35.4 Å². The summed E-state index contributed by atoms with van der Waals surface area (Å²) in [5.74, 6) is -0.109. The maximum Gasteiger partial charge on any atom is 0.358 e. The largest absolute Gasteiger partial charge is 0.461 e. The molecule has 1 fully saturated rings. The monoisotopic (exact) mass is 261 g/mol. The van der Waals surface area contributed by atoms with Crippen molar-refractivity contribution in [3.63, 3.8) is 0 Å². The second kappa shape index (κ2) is 4.97. The van der Waals surface area contributed by atoms with Crippen LogP contribution in [0.3, 0.4) is 0 Å². The molecule has 0 amide bonds. The van der Waals surface area contributed by atoms with Gasteiger partial charge in [0.25, 0.3) is 0 Å². The number of hydrogen-bond donors (Lipinski definition) is 0. The molecule has 0 aliphatic carbocycles. The lowest BCUT2D eigenvalue weighted by molar-refractivity contribution is 0.0519. The molecule has 1 atom stereocenters. The fourth-order valence-electron chi connectivity index (χ4n) is 2.30. The van der Waals surface area contributed by atoms with Crippen LogP contribution < -0.4 is 0 Å². The highest BCUT2D eigenvalue weighted by Crippen LogP contribution is 2.25. The van der Waals surface area contributed by atoms with E-state index in [1.807, 2.05) is 6.07 Å². The normalized spacial score (nSPS) is 18.9. The predicted octanol–water partition coefficient (Wildman–Crippen LogP) is 1.41. The molecule has 6 nitrogen and oxygen atoms in total. The molecule has 19 heavy (non-hydrogen) atoms. The lowest BCUT2D eigenvalue weighted by Crippen LogP contribution is -2.09. The van der Waals surface area contributed by atoms with Crippen molar-refractivity contribution in [2.24, 2.45) is 0 Å². The summed E-state index contributed by atoms with van der Waals surface area (Å²) < 4.78 is 12.1. The molecule has 6 heteroatoms. The standard InChI is InChI=1S/C13H15N3O3/c1-2-19-13(17)10-7-12-14-5-3-11(16(12)15-10)9-4-6-18-8-9/h3,5,7,9H,2,4,6,8H2,1H3. The van der Waals surface area contributed by atoms with E-state index in [2.05, 4.69) is 10.1 Å². The number of ether oxygens (including phenoxy) is 2. The van der Waals surface area contributed by atoms with Crippen LogP contribution in [0.2, 0.25) is 0 Å². The summed E-state index contributed by atoms with van der Waals surface area (Å²) in [5.41, 5.74) is 1.98. The molecule has 1 aliphatic heterocycles. The highest BCUT2D eigenvalue weighted by Gasteiger charge is 2.22. The molecule has 3 rings (SSSR count). The molecule has 2 aromatic heterocycles. The molecule has 1 unspecified atom stereocenters. The summed E-state index contributed by atoms with van der Waals surface area (Å²) in [5, 5.41) is 4.30. The number of hydrogen-bond acceptors (Lipinski definition) is 5. The van der Waals surface area contributed by atoms with Crippen LogP contribution in [-0.2, 0) is 9.47 Å². The molecule has 0 spiro atoms.